The Balaban J connectivity index is 1.58. The summed E-state index contributed by atoms with van der Waals surface area (Å²) >= 11 is 7.61. The van der Waals surface area contributed by atoms with Gasteiger partial charge in [0.2, 0.25) is 0 Å². The molecule has 0 aliphatic heterocycles. The van der Waals surface area contributed by atoms with E-state index in [9.17, 15) is 0 Å². The Morgan fingerprint density at radius 1 is 0.727 bits per heavy atom. The lowest BCUT2D eigenvalue weighted by Gasteiger charge is -2.07. The quantitative estimate of drug-likeness (QED) is 0.562. The molecule has 0 fully saturated rings. The van der Waals surface area contributed by atoms with Gasteiger partial charge < -0.3 is 4.74 Å². The molecule has 3 aromatic carbocycles. The Bertz CT molecular complexity index is 709. The van der Waals surface area contributed by atoms with Crippen LogP contribution in [0.1, 0.15) is 5.56 Å². The lowest BCUT2D eigenvalue weighted by Crippen LogP contribution is -1.94. The zero-order chi connectivity index (χ0) is 15.2. The second-order valence-corrected chi connectivity index (χ2v) is 6.39. The van der Waals surface area contributed by atoms with E-state index in [4.69, 9.17) is 16.3 Å². The van der Waals surface area contributed by atoms with Gasteiger partial charge in [-0.25, -0.2) is 0 Å². The van der Waals surface area contributed by atoms with E-state index < -0.39 is 0 Å². The molecular weight excluding hydrogens is 312 g/mol. The molecule has 3 heteroatoms. The van der Waals surface area contributed by atoms with Crippen LogP contribution in [0.3, 0.4) is 0 Å². The number of ether oxygens (including phenoxy) is 1. The van der Waals surface area contributed by atoms with Crippen molar-refractivity contribution in [3.05, 3.63) is 89.4 Å². The van der Waals surface area contributed by atoms with E-state index in [2.05, 4.69) is 48.5 Å². The lowest BCUT2D eigenvalue weighted by atomic mass is 10.2. The molecule has 0 N–H and O–H groups in total. The van der Waals surface area contributed by atoms with Crippen LogP contribution < -0.4 is 4.74 Å². The van der Waals surface area contributed by atoms with E-state index in [0.29, 0.717) is 6.61 Å². The SMILES string of the molecule is Clc1ccc(OCc2ccc(Sc3ccccc3)cc2)cc1. The summed E-state index contributed by atoms with van der Waals surface area (Å²) in [5.74, 6) is 0.826. The van der Waals surface area contributed by atoms with Gasteiger partial charge in [-0.3, -0.25) is 0 Å². The normalized spacial score (nSPS) is 10.4. The molecule has 0 radical (unpaired) electrons. The Kier molecular flexibility index (Phi) is 5.04. The predicted octanol–water partition coefficient (Wildman–Crippen LogP) is 6.07. The number of benzene rings is 3. The van der Waals surface area contributed by atoms with Gasteiger partial charge in [-0.15, -0.1) is 0 Å². The highest BCUT2D eigenvalue weighted by Crippen LogP contribution is 2.27. The average Bonchev–Trinajstić information content (AvgIpc) is 2.57. The van der Waals surface area contributed by atoms with E-state index in [1.54, 1.807) is 11.8 Å². The third-order valence-corrected chi connectivity index (χ3v) is 4.39. The summed E-state index contributed by atoms with van der Waals surface area (Å²) in [6, 6.07) is 26.2. The fraction of sp³-hybridized carbons (Fsp3) is 0.0526. The lowest BCUT2D eigenvalue weighted by molar-refractivity contribution is 0.306. The monoisotopic (exact) mass is 326 g/mol. The summed E-state index contributed by atoms with van der Waals surface area (Å²) in [6.45, 7) is 0.553. The number of hydrogen-bond acceptors (Lipinski definition) is 2. The molecule has 0 spiro atoms. The number of rotatable bonds is 5. The largest absolute Gasteiger partial charge is 0.489 e. The molecule has 0 atom stereocenters. The van der Waals surface area contributed by atoms with Gasteiger partial charge in [0.15, 0.2) is 0 Å². The van der Waals surface area contributed by atoms with Gasteiger partial charge in [-0.1, -0.05) is 53.7 Å². The molecule has 0 aliphatic rings. The maximum atomic E-state index is 5.85. The van der Waals surface area contributed by atoms with Gasteiger partial charge in [-0.05, 0) is 54.1 Å². The van der Waals surface area contributed by atoms with Crippen LogP contribution in [0.25, 0.3) is 0 Å². The first-order valence-electron chi connectivity index (χ1n) is 7.00. The van der Waals surface area contributed by atoms with Gasteiger partial charge in [0.05, 0.1) is 0 Å². The molecule has 3 aromatic rings. The minimum Gasteiger partial charge on any atom is -0.489 e. The van der Waals surface area contributed by atoms with Crippen molar-refractivity contribution in [3.63, 3.8) is 0 Å². The Labute approximate surface area is 139 Å². The minimum atomic E-state index is 0.553. The average molecular weight is 327 g/mol. The van der Waals surface area contributed by atoms with Crippen LogP contribution in [0.15, 0.2) is 88.7 Å². The summed E-state index contributed by atoms with van der Waals surface area (Å²) in [6.07, 6.45) is 0. The van der Waals surface area contributed by atoms with Crippen molar-refractivity contribution in [1.29, 1.82) is 0 Å². The van der Waals surface area contributed by atoms with Crippen LogP contribution >= 0.6 is 23.4 Å². The van der Waals surface area contributed by atoms with Crippen LogP contribution in [0.5, 0.6) is 5.75 Å². The summed E-state index contributed by atoms with van der Waals surface area (Å²) in [4.78, 5) is 2.47. The van der Waals surface area contributed by atoms with Crippen molar-refractivity contribution in [2.45, 2.75) is 16.4 Å². The van der Waals surface area contributed by atoms with Crippen molar-refractivity contribution in [2.75, 3.05) is 0 Å². The first-order chi connectivity index (χ1) is 10.8. The molecule has 0 bridgehead atoms. The Morgan fingerprint density at radius 2 is 1.36 bits per heavy atom. The first-order valence-corrected chi connectivity index (χ1v) is 8.19. The topological polar surface area (TPSA) is 9.23 Å². The molecule has 0 saturated carbocycles. The standard InChI is InChI=1S/C19H15ClOS/c20-16-8-10-17(11-9-16)21-14-15-6-12-19(13-7-15)22-18-4-2-1-3-5-18/h1-13H,14H2. The van der Waals surface area contributed by atoms with Gasteiger partial charge in [0, 0.05) is 14.8 Å². The van der Waals surface area contributed by atoms with Crippen molar-refractivity contribution >= 4 is 23.4 Å². The maximum absolute atomic E-state index is 5.85. The van der Waals surface area contributed by atoms with Gasteiger partial charge in [-0.2, -0.15) is 0 Å². The predicted molar refractivity (Wildman–Crippen MR) is 92.8 cm³/mol. The van der Waals surface area contributed by atoms with Crippen LogP contribution in [0.2, 0.25) is 5.02 Å². The fourth-order valence-corrected chi connectivity index (χ4v) is 2.94. The van der Waals surface area contributed by atoms with Crippen LogP contribution in [0, 0.1) is 0 Å². The highest BCUT2D eigenvalue weighted by atomic mass is 35.5. The van der Waals surface area contributed by atoms with E-state index in [1.807, 2.05) is 30.3 Å². The highest BCUT2D eigenvalue weighted by molar-refractivity contribution is 7.99. The molecule has 3 rings (SSSR count). The third-order valence-electron chi connectivity index (χ3n) is 3.12. The summed E-state index contributed by atoms with van der Waals surface area (Å²) < 4.78 is 5.74. The van der Waals surface area contributed by atoms with E-state index in [-0.39, 0.29) is 0 Å². The summed E-state index contributed by atoms with van der Waals surface area (Å²) in [5, 5.41) is 0.717. The van der Waals surface area contributed by atoms with Crippen molar-refractivity contribution in [1.82, 2.24) is 0 Å². The molecular formula is C19H15ClOS. The van der Waals surface area contributed by atoms with E-state index in [0.717, 1.165) is 16.3 Å². The van der Waals surface area contributed by atoms with Crippen LogP contribution in [-0.4, -0.2) is 0 Å². The van der Waals surface area contributed by atoms with E-state index in [1.165, 1.54) is 9.79 Å². The third kappa shape index (κ3) is 4.30. The molecule has 1 nitrogen and oxygen atoms in total. The molecule has 110 valence electrons. The molecule has 0 saturated heterocycles. The Hall–Kier alpha value is -1.90. The zero-order valence-electron chi connectivity index (χ0n) is 11.9. The number of halogens is 1. The fourth-order valence-electron chi connectivity index (χ4n) is 1.98. The van der Waals surface area contributed by atoms with Crippen molar-refractivity contribution in [2.24, 2.45) is 0 Å². The van der Waals surface area contributed by atoms with Crippen molar-refractivity contribution in [3.8, 4) is 5.75 Å². The van der Waals surface area contributed by atoms with Crippen LogP contribution in [-0.2, 0) is 6.61 Å². The molecule has 22 heavy (non-hydrogen) atoms. The maximum Gasteiger partial charge on any atom is 0.119 e. The van der Waals surface area contributed by atoms with E-state index >= 15 is 0 Å². The van der Waals surface area contributed by atoms with Crippen molar-refractivity contribution < 1.29 is 4.74 Å². The Morgan fingerprint density at radius 3 is 2.05 bits per heavy atom. The summed E-state index contributed by atoms with van der Waals surface area (Å²) in [5.41, 5.74) is 1.15. The molecule has 0 amide bonds. The smallest absolute Gasteiger partial charge is 0.119 e. The van der Waals surface area contributed by atoms with Gasteiger partial charge in [0.25, 0.3) is 0 Å². The molecule has 0 unspecified atom stereocenters. The summed E-state index contributed by atoms with van der Waals surface area (Å²) in [7, 11) is 0. The first kappa shape index (κ1) is 15.0. The minimum absolute atomic E-state index is 0.553. The van der Waals surface area contributed by atoms with Gasteiger partial charge >= 0.3 is 0 Å². The molecule has 0 aromatic heterocycles. The molecule has 0 aliphatic carbocycles. The van der Waals surface area contributed by atoms with Gasteiger partial charge in [0.1, 0.15) is 12.4 Å². The van der Waals surface area contributed by atoms with Crippen LogP contribution in [0.4, 0.5) is 0 Å². The number of hydrogen-bond donors (Lipinski definition) is 0. The second-order valence-electron chi connectivity index (χ2n) is 4.80. The highest BCUT2D eigenvalue weighted by Gasteiger charge is 1.99. The molecule has 0 heterocycles. The second kappa shape index (κ2) is 7.39. The zero-order valence-corrected chi connectivity index (χ0v) is 13.5.